The van der Waals surface area contributed by atoms with Crippen LogP contribution in [0.2, 0.25) is 0 Å². The highest BCUT2D eigenvalue weighted by molar-refractivity contribution is 7.22. The second kappa shape index (κ2) is 8.06. The molecular weight excluding hydrogens is 360 g/mol. The maximum absolute atomic E-state index is 13.0. The lowest BCUT2D eigenvalue weighted by atomic mass is 10.2. The van der Waals surface area contributed by atoms with Crippen LogP contribution in [0.5, 0.6) is 5.75 Å². The van der Waals surface area contributed by atoms with Crippen molar-refractivity contribution in [3.05, 3.63) is 54.1 Å². The molecule has 1 aliphatic heterocycles. The van der Waals surface area contributed by atoms with Gasteiger partial charge in [-0.15, -0.1) is 0 Å². The number of hydrogen-bond acceptors (Lipinski definition) is 5. The molecular formula is C21H22N2O3S. The quantitative estimate of drug-likeness (QED) is 0.641. The molecule has 1 amide bonds. The number of aryl methyl sites for hydroxylation is 1. The van der Waals surface area contributed by atoms with Crippen molar-refractivity contribution in [3.63, 3.8) is 0 Å². The van der Waals surface area contributed by atoms with Gasteiger partial charge in [0.05, 0.1) is 22.9 Å². The fraction of sp³-hybridized carbons (Fsp3) is 0.333. The van der Waals surface area contributed by atoms with Crippen LogP contribution in [0.1, 0.15) is 18.4 Å². The normalized spacial score (nSPS) is 16.6. The highest BCUT2D eigenvalue weighted by atomic mass is 32.1. The lowest BCUT2D eigenvalue weighted by Gasteiger charge is -2.23. The van der Waals surface area contributed by atoms with Gasteiger partial charge >= 0.3 is 0 Å². The summed E-state index contributed by atoms with van der Waals surface area (Å²) >= 11 is 1.54. The van der Waals surface area contributed by atoms with Gasteiger partial charge in [-0.3, -0.25) is 9.69 Å². The molecule has 0 N–H and O–H groups in total. The standard InChI is InChI=1S/C21H22N2O3S/c1-15-7-5-11-18-20(15)22-21(27-18)23(13-17-10-6-12-25-17)19(24)14-26-16-8-3-2-4-9-16/h2-5,7-9,11,17H,6,10,12-14H2,1H3. The third kappa shape index (κ3) is 4.12. The maximum Gasteiger partial charge on any atom is 0.266 e. The Labute approximate surface area is 162 Å². The second-order valence-electron chi connectivity index (χ2n) is 6.66. The van der Waals surface area contributed by atoms with E-state index in [9.17, 15) is 4.79 Å². The Kier molecular flexibility index (Phi) is 5.36. The molecule has 3 aromatic rings. The summed E-state index contributed by atoms with van der Waals surface area (Å²) in [6, 6.07) is 15.5. The molecule has 5 nitrogen and oxygen atoms in total. The van der Waals surface area contributed by atoms with Crippen molar-refractivity contribution in [2.24, 2.45) is 0 Å². The molecule has 6 heteroatoms. The van der Waals surface area contributed by atoms with Crippen LogP contribution in [0, 0.1) is 6.92 Å². The molecule has 0 radical (unpaired) electrons. The summed E-state index contributed by atoms with van der Waals surface area (Å²) in [5.41, 5.74) is 2.06. The van der Waals surface area contributed by atoms with Crippen LogP contribution in [-0.4, -0.2) is 36.8 Å². The number of nitrogens with zero attached hydrogens (tertiary/aromatic N) is 2. The number of ether oxygens (including phenoxy) is 2. The number of amides is 1. The van der Waals surface area contributed by atoms with Crippen molar-refractivity contribution in [1.82, 2.24) is 4.98 Å². The lowest BCUT2D eigenvalue weighted by Crippen LogP contribution is -2.40. The summed E-state index contributed by atoms with van der Waals surface area (Å²) in [6.07, 6.45) is 2.05. The number of carbonyl (C=O) groups excluding carboxylic acids is 1. The van der Waals surface area contributed by atoms with Crippen molar-refractivity contribution in [2.75, 3.05) is 24.7 Å². The summed E-state index contributed by atoms with van der Waals surface area (Å²) in [5, 5.41) is 0.705. The smallest absolute Gasteiger partial charge is 0.266 e. The third-order valence-corrected chi connectivity index (χ3v) is 5.70. The number of anilines is 1. The average molecular weight is 382 g/mol. The monoisotopic (exact) mass is 382 g/mol. The van der Waals surface area contributed by atoms with Crippen LogP contribution in [0.4, 0.5) is 5.13 Å². The first kappa shape index (κ1) is 17.9. The van der Waals surface area contributed by atoms with E-state index in [1.165, 1.54) is 11.3 Å². The highest BCUT2D eigenvalue weighted by Crippen LogP contribution is 2.31. The summed E-state index contributed by atoms with van der Waals surface area (Å²) in [7, 11) is 0. The molecule has 1 aromatic heterocycles. The minimum atomic E-state index is -0.105. The van der Waals surface area contributed by atoms with Gasteiger partial charge in [-0.25, -0.2) is 4.98 Å². The fourth-order valence-corrected chi connectivity index (χ4v) is 4.28. The molecule has 0 spiro atoms. The van der Waals surface area contributed by atoms with E-state index >= 15 is 0 Å². The Morgan fingerprint density at radius 3 is 2.85 bits per heavy atom. The number of fused-ring (bicyclic) bond motifs is 1. The molecule has 4 rings (SSSR count). The second-order valence-corrected chi connectivity index (χ2v) is 7.67. The Balaban J connectivity index is 1.57. The summed E-state index contributed by atoms with van der Waals surface area (Å²) in [4.78, 5) is 19.4. The number of aromatic nitrogens is 1. The summed E-state index contributed by atoms with van der Waals surface area (Å²) in [6.45, 7) is 3.28. The van der Waals surface area contributed by atoms with Gasteiger partial charge in [0.15, 0.2) is 11.7 Å². The van der Waals surface area contributed by atoms with E-state index in [1.54, 1.807) is 4.90 Å². The first-order valence-electron chi connectivity index (χ1n) is 9.16. The van der Waals surface area contributed by atoms with Crippen LogP contribution < -0.4 is 9.64 Å². The highest BCUT2D eigenvalue weighted by Gasteiger charge is 2.26. The third-order valence-electron chi connectivity index (χ3n) is 4.66. The van der Waals surface area contributed by atoms with Gasteiger partial charge in [-0.05, 0) is 43.5 Å². The largest absolute Gasteiger partial charge is 0.484 e. The van der Waals surface area contributed by atoms with E-state index in [2.05, 4.69) is 0 Å². The van der Waals surface area contributed by atoms with Gasteiger partial charge < -0.3 is 9.47 Å². The van der Waals surface area contributed by atoms with Gasteiger partial charge in [-0.1, -0.05) is 41.7 Å². The maximum atomic E-state index is 13.0. The number of rotatable bonds is 6. The number of para-hydroxylation sites is 2. The average Bonchev–Trinajstić information content (AvgIpc) is 3.35. The summed E-state index contributed by atoms with van der Waals surface area (Å²) in [5.74, 6) is 0.578. The number of benzene rings is 2. The zero-order chi connectivity index (χ0) is 18.6. The van der Waals surface area contributed by atoms with Crippen LogP contribution >= 0.6 is 11.3 Å². The molecule has 1 unspecified atom stereocenters. The number of carbonyl (C=O) groups is 1. The number of thiazole rings is 1. The first-order valence-corrected chi connectivity index (χ1v) is 9.98. The molecule has 1 fully saturated rings. The van der Waals surface area contributed by atoms with Crippen LogP contribution in [0.15, 0.2) is 48.5 Å². The molecule has 0 saturated carbocycles. The van der Waals surface area contributed by atoms with E-state index in [0.29, 0.717) is 17.4 Å². The number of hydrogen-bond donors (Lipinski definition) is 0. The predicted octanol–water partition coefficient (Wildman–Crippen LogP) is 4.20. The fourth-order valence-electron chi connectivity index (χ4n) is 3.21. The molecule has 1 saturated heterocycles. The first-order chi connectivity index (χ1) is 13.2. The molecule has 140 valence electrons. The zero-order valence-electron chi connectivity index (χ0n) is 15.3. The Hall–Kier alpha value is -2.44. The van der Waals surface area contributed by atoms with E-state index in [-0.39, 0.29) is 18.6 Å². The Morgan fingerprint density at radius 2 is 2.11 bits per heavy atom. The van der Waals surface area contributed by atoms with E-state index in [0.717, 1.165) is 35.2 Å². The Bertz CT molecular complexity index is 920. The van der Waals surface area contributed by atoms with Gasteiger partial charge in [0.1, 0.15) is 5.75 Å². The molecule has 1 aliphatic rings. The van der Waals surface area contributed by atoms with Crippen LogP contribution in [-0.2, 0) is 9.53 Å². The van der Waals surface area contributed by atoms with Crippen LogP contribution in [0.25, 0.3) is 10.2 Å². The van der Waals surface area contributed by atoms with Crippen LogP contribution in [0.3, 0.4) is 0 Å². The molecule has 2 heterocycles. The van der Waals surface area contributed by atoms with Gasteiger partial charge in [-0.2, -0.15) is 0 Å². The summed E-state index contributed by atoms with van der Waals surface area (Å²) < 4.78 is 12.5. The van der Waals surface area contributed by atoms with Crippen molar-refractivity contribution in [3.8, 4) is 5.75 Å². The minimum Gasteiger partial charge on any atom is -0.484 e. The Morgan fingerprint density at radius 1 is 1.26 bits per heavy atom. The lowest BCUT2D eigenvalue weighted by molar-refractivity contribution is -0.120. The van der Waals surface area contributed by atoms with Gasteiger partial charge in [0, 0.05) is 6.61 Å². The topological polar surface area (TPSA) is 51.7 Å². The molecule has 0 aliphatic carbocycles. The van der Waals surface area contributed by atoms with Crippen molar-refractivity contribution >= 4 is 32.6 Å². The molecule has 0 bridgehead atoms. The van der Waals surface area contributed by atoms with E-state index < -0.39 is 0 Å². The van der Waals surface area contributed by atoms with Crippen molar-refractivity contribution < 1.29 is 14.3 Å². The van der Waals surface area contributed by atoms with Gasteiger partial charge in [0.2, 0.25) is 0 Å². The minimum absolute atomic E-state index is 0.0222. The van der Waals surface area contributed by atoms with E-state index in [1.807, 2.05) is 55.5 Å². The van der Waals surface area contributed by atoms with Crippen molar-refractivity contribution in [1.29, 1.82) is 0 Å². The van der Waals surface area contributed by atoms with Gasteiger partial charge in [0.25, 0.3) is 5.91 Å². The van der Waals surface area contributed by atoms with E-state index in [4.69, 9.17) is 14.5 Å². The molecule has 27 heavy (non-hydrogen) atoms. The van der Waals surface area contributed by atoms with Crippen molar-refractivity contribution in [2.45, 2.75) is 25.9 Å². The zero-order valence-corrected chi connectivity index (χ0v) is 16.1. The predicted molar refractivity (Wildman–Crippen MR) is 108 cm³/mol. The molecule has 1 atom stereocenters. The molecule has 2 aromatic carbocycles. The SMILES string of the molecule is Cc1cccc2sc(N(CC3CCCO3)C(=O)COc3ccccc3)nc12.